The SMILES string of the molecule is C#C.O=C1c2c(O)c(=O)ccn2N[C@@H]2COCCN12.c1ccc2c(c1)CSc1ccccc1C2. The van der Waals surface area contributed by atoms with Crippen molar-refractivity contribution in [2.24, 2.45) is 0 Å². The topological polar surface area (TPSA) is 83.8 Å². The first-order chi connectivity index (χ1) is 16.6. The third-order valence-electron chi connectivity index (χ3n) is 5.81. The van der Waals surface area contributed by atoms with E-state index in [-0.39, 0.29) is 17.8 Å². The normalized spacial score (nSPS) is 17.5. The summed E-state index contributed by atoms with van der Waals surface area (Å²) in [6.45, 7) is 1.29. The molecular weight excluding hydrogens is 450 g/mol. The average molecular weight is 476 g/mol. The van der Waals surface area contributed by atoms with Gasteiger partial charge in [-0.05, 0) is 29.2 Å². The molecule has 4 heterocycles. The number of aromatic hydroxyl groups is 1. The molecule has 1 atom stereocenters. The molecule has 2 N–H and O–H groups in total. The van der Waals surface area contributed by atoms with Crippen LogP contribution in [0.5, 0.6) is 5.75 Å². The van der Waals surface area contributed by atoms with Gasteiger partial charge >= 0.3 is 0 Å². The highest BCUT2D eigenvalue weighted by Crippen LogP contribution is 2.33. The van der Waals surface area contributed by atoms with Crippen LogP contribution in [-0.4, -0.2) is 46.5 Å². The Morgan fingerprint density at radius 3 is 2.50 bits per heavy atom. The Hall–Kier alpha value is -3.67. The zero-order valence-electron chi connectivity index (χ0n) is 18.5. The molecule has 7 nitrogen and oxygen atoms in total. The van der Waals surface area contributed by atoms with Crippen LogP contribution in [-0.2, 0) is 16.9 Å². The number of terminal acetylenes is 1. The van der Waals surface area contributed by atoms with E-state index in [1.807, 2.05) is 11.8 Å². The predicted molar refractivity (Wildman–Crippen MR) is 133 cm³/mol. The molecule has 174 valence electrons. The summed E-state index contributed by atoms with van der Waals surface area (Å²) >= 11 is 1.95. The number of hydrogen-bond donors (Lipinski definition) is 2. The van der Waals surface area contributed by atoms with Crippen LogP contribution in [0.15, 0.2) is 70.5 Å². The maximum absolute atomic E-state index is 12.1. The summed E-state index contributed by atoms with van der Waals surface area (Å²) < 4.78 is 6.63. The van der Waals surface area contributed by atoms with Crippen molar-refractivity contribution in [3.8, 4) is 18.6 Å². The van der Waals surface area contributed by atoms with Gasteiger partial charge < -0.3 is 20.2 Å². The van der Waals surface area contributed by atoms with Gasteiger partial charge in [-0.2, -0.15) is 0 Å². The van der Waals surface area contributed by atoms with Crippen molar-refractivity contribution in [1.82, 2.24) is 9.58 Å². The van der Waals surface area contributed by atoms with Crippen LogP contribution in [0.1, 0.15) is 27.2 Å². The number of benzene rings is 2. The lowest BCUT2D eigenvalue weighted by atomic mass is 10.0. The summed E-state index contributed by atoms with van der Waals surface area (Å²) in [7, 11) is 0. The van der Waals surface area contributed by atoms with E-state index in [0.29, 0.717) is 19.8 Å². The van der Waals surface area contributed by atoms with Crippen LogP contribution in [0.3, 0.4) is 0 Å². The van der Waals surface area contributed by atoms with E-state index in [9.17, 15) is 14.7 Å². The lowest BCUT2D eigenvalue weighted by Crippen LogP contribution is -2.59. The highest BCUT2D eigenvalue weighted by atomic mass is 32.2. The molecule has 0 radical (unpaired) electrons. The van der Waals surface area contributed by atoms with Gasteiger partial charge in [0.25, 0.3) is 5.91 Å². The number of nitrogens with zero attached hydrogens (tertiary/aromatic N) is 2. The van der Waals surface area contributed by atoms with Crippen LogP contribution < -0.4 is 10.9 Å². The van der Waals surface area contributed by atoms with Crippen LogP contribution in [0.25, 0.3) is 0 Å². The molecular formula is C26H25N3O4S. The van der Waals surface area contributed by atoms with Gasteiger partial charge in [0.2, 0.25) is 5.43 Å². The Labute approximate surface area is 202 Å². The Bertz CT molecular complexity index is 1220. The molecule has 3 aromatic rings. The van der Waals surface area contributed by atoms with Gasteiger partial charge in [0.05, 0.1) is 13.2 Å². The minimum Gasteiger partial charge on any atom is -0.502 e. The lowest BCUT2D eigenvalue weighted by molar-refractivity contribution is -0.00314. The number of ether oxygens (including phenoxy) is 1. The number of hydrogen-bond acceptors (Lipinski definition) is 6. The first-order valence-electron chi connectivity index (χ1n) is 10.8. The molecule has 6 rings (SSSR count). The molecule has 0 saturated carbocycles. The van der Waals surface area contributed by atoms with Gasteiger partial charge in [0, 0.05) is 29.5 Å². The van der Waals surface area contributed by atoms with E-state index < -0.39 is 11.2 Å². The van der Waals surface area contributed by atoms with Crippen LogP contribution in [0.4, 0.5) is 0 Å². The minimum atomic E-state index is -0.557. The molecule has 0 aliphatic carbocycles. The zero-order chi connectivity index (χ0) is 24.1. The molecule has 0 unspecified atom stereocenters. The summed E-state index contributed by atoms with van der Waals surface area (Å²) in [5.74, 6) is 0.231. The quantitative estimate of drug-likeness (QED) is 0.487. The second-order valence-corrected chi connectivity index (χ2v) is 8.82. The number of morpholine rings is 1. The van der Waals surface area contributed by atoms with Gasteiger partial charge in [-0.15, -0.1) is 24.6 Å². The fourth-order valence-electron chi connectivity index (χ4n) is 4.11. The molecule has 2 aromatic carbocycles. The molecule has 0 spiro atoms. The average Bonchev–Trinajstić information content (AvgIpc) is 3.07. The molecule has 34 heavy (non-hydrogen) atoms. The Balaban J connectivity index is 0.000000151. The van der Waals surface area contributed by atoms with E-state index in [0.717, 1.165) is 12.2 Å². The molecule has 8 heteroatoms. The Morgan fingerprint density at radius 2 is 1.71 bits per heavy atom. The molecule has 1 aromatic heterocycles. The number of aromatic nitrogens is 1. The van der Waals surface area contributed by atoms with Crippen molar-refractivity contribution in [2.75, 3.05) is 25.2 Å². The largest absolute Gasteiger partial charge is 0.502 e. The molecule has 1 saturated heterocycles. The summed E-state index contributed by atoms with van der Waals surface area (Å²) in [4.78, 5) is 26.4. The fourth-order valence-corrected chi connectivity index (χ4v) is 5.20. The van der Waals surface area contributed by atoms with Crippen molar-refractivity contribution in [2.45, 2.75) is 23.2 Å². The van der Waals surface area contributed by atoms with Crippen molar-refractivity contribution < 1.29 is 14.6 Å². The van der Waals surface area contributed by atoms with Gasteiger partial charge in [-0.1, -0.05) is 42.5 Å². The van der Waals surface area contributed by atoms with Crippen LogP contribution in [0, 0.1) is 12.8 Å². The molecule has 0 bridgehead atoms. The second kappa shape index (κ2) is 10.5. The van der Waals surface area contributed by atoms with Crippen LogP contribution >= 0.6 is 11.8 Å². The molecule has 3 aliphatic rings. The van der Waals surface area contributed by atoms with Crippen molar-refractivity contribution in [3.05, 3.63) is 93.4 Å². The summed E-state index contributed by atoms with van der Waals surface area (Å²) in [5, 5.41) is 9.65. The number of nitrogens with one attached hydrogen (secondary N) is 1. The summed E-state index contributed by atoms with van der Waals surface area (Å²) in [6.07, 6.45) is 10.3. The monoisotopic (exact) mass is 475 g/mol. The minimum absolute atomic E-state index is 0.0179. The van der Waals surface area contributed by atoms with E-state index >= 15 is 0 Å². The van der Waals surface area contributed by atoms with E-state index in [4.69, 9.17) is 4.74 Å². The highest BCUT2D eigenvalue weighted by molar-refractivity contribution is 7.98. The number of thioether (sulfide) groups is 1. The van der Waals surface area contributed by atoms with Crippen molar-refractivity contribution in [3.63, 3.8) is 0 Å². The lowest BCUT2D eigenvalue weighted by Gasteiger charge is -2.41. The second-order valence-electron chi connectivity index (χ2n) is 7.81. The van der Waals surface area contributed by atoms with Crippen LogP contribution in [0.2, 0.25) is 0 Å². The summed E-state index contributed by atoms with van der Waals surface area (Å²) in [6, 6.07) is 18.7. The maximum atomic E-state index is 12.1. The third kappa shape index (κ3) is 4.67. The van der Waals surface area contributed by atoms with Crippen molar-refractivity contribution >= 4 is 17.7 Å². The predicted octanol–water partition coefficient (Wildman–Crippen LogP) is 3.04. The number of carbonyl (C=O) groups excluding carboxylic acids is 1. The van der Waals surface area contributed by atoms with Gasteiger partial charge in [-0.3, -0.25) is 14.3 Å². The third-order valence-corrected chi connectivity index (χ3v) is 6.97. The Morgan fingerprint density at radius 1 is 1.00 bits per heavy atom. The van der Waals surface area contributed by atoms with E-state index in [1.54, 1.807) is 4.90 Å². The highest BCUT2D eigenvalue weighted by Gasteiger charge is 2.36. The number of fused-ring (bicyclic) bond motifs is 4. The summed E-state index contributed by atoms with van der Waals surface area (Å²) in [5.41, 5.74) is 6.85. The maximum Gasteiger partial charge on any atom is 0.278 e. The van der Waals surface area contributed by atoms with Gasteiger partial charge in [0.1, 0.15) is 6.17 Å². The number of pyridine rings is 1. The molecule has 3 aliphatic heterocycles. The first-order valence-corrected chi connectivity index (χ1v) is 11.8. The standard InChI is InChI=1S/C14H12S.C10H11N3O4.C2H2/c1-2-7-13-10-15-14-8-4-3-6-12(14)9-11(13)5-1;14-6-1-2-13-8(9(6)15)10(16)12-3-4-17-5-7(12)11-13;1-2/h1-8H,9-10H2;1-2,7,11,15H,3-5H2;1-2H/t;7-;/m.0./s1. The van der Waals surface area contributed by atoms with Gasteiger partial charge in [0.15, 0.2) is 11.4 Å². The van der Waals surface area contributed by atoms with Crippen molar-refractivity contribution in [1.29, 1.82) is 0 Å². The van der Waals surface area contributed by atoms with E-state index in [2.05, 4.69) is 66.8 Å². The van der Waals surface area contributed by atoms with E-state index in [1.165, 1.54) is 38.5 Å². The molecule has 1 amide bonds. The first kappa shape index (κ1) is 23.5. The number of carbonyl (C=O) groups is 1. The number of rotatable bonds is 0. The Kier molecular flexibility index (Phi) is 7.26. The molecule has 1 fully saturated rings. The smallest absolute Gasteiger partial charge is 0.278 e. The zero-order valence-corrected chi connectivity index (χ0v) is 19.3. The van der Waals surface area contributed by atoms with Gasteiger partial charge in [-0.25, -0.2) is 0 Å². The fraction of sp³-hybridized carbons (Fsp3) is 0.231. The number of amides is 1.